The number of ether oxygens (including phenoxy) is 1. The van der Waals surface area contributed by atoms with Crippen LogP contribution in [0.3, 0.4) is 0 Å². The first-order chi connectivity index (χ1) is 8.81. The normalized spacial score (nSPS) is 10.6. The third-order valence-electron chi connectivity index (χ3n) is 1.93. The maximum Gasteiger partial charge on any atom is 0.157 e. The summed E-state index contributed by atoms with van der Waals surface area (Å²) in [7, 11) is 0. The highest BCUT2D eigenvalue weighted by atomic mass is 32.2. The molecule has 0 radical (unpaired) electrons. The van der Waals surface area contributed by atoms with Crippen molar-refractivity contribution >= 4 is 28.9 Å². The Labute approximate surface area is 113 Å². The van der Waals surface area contributed by atoms with Gasteiger partial charge in [-0.05, 0) is 18.7 Å². The number of nitrogens with two attached hydrogens (primary N) is 1. The lowest BCUT2D eigenvalue weighted by Gasteiger charge is -2.06. The fourth-order valence-corrected chi connectivity index (χ4v) is 2.80. The Morgan fingerprint density at radius 2 is 2.39 bits per heavy atom. The van der Waals surface area contributed by atoms with Crippen molar-refractivity contribution < 1.29 is 4.74 Å². The zero-order chi connectivity index (χ0) is 12.8. The zero-order valence-corrected chi connectivity index (χ0v) is 11.4. The van der Waals surface area contributed by atoms with E-state index in [9.17, 15) is 0 Å². The van der Waals surface area contributed by atoms with Gasteiger partial charge in [-0.2, -0.15) is 0 Å². The number of nitrogen functional groups attached to an aromatic ring is 1. The standard InChI is InChI=1S/C10H13N5OS2/c1-2-16-6-8-13-7(15-11)5-9(14-8)18-10-12-3-4-17-10/h3-5H,2,6,11H2,1H3,(H,13,14,15). The van der Waals surface area contributed by atoms with Crippen molar-refractivity contribution in [3.63, 3.8) is 0 Å². The maximum absolute atomic E-state index is 5.39. The first-order valence-electron chi connectivity index (χ1n) is 5.31. The molecule has 0 spiro atoms. The van der Waals surface area contributed by atoms with Gasteiger partial charge in [-0.15, -0.1) is 11.3 Å². The zero-order valence-electron chi connectivity index (χ0n) is 9.79. The molecule has 0 unspecified atom stereocenters. The molecule has 8 heteroatoms. The number of nitrogens with zero attached hydrogens (tertiary/aromatic N) is 3. The van der Waals surface area contributed by atoms with E-state index in [0.717, 1.165) is 9.37 Å². The van der Waals surface area contributed by atoms with Crippen LogP contribution in [0.2, 0.25) is 0 Å². The summed E-state index contributed by atoms with van der Waals surface area (Å²) in [4.78, 5) is 12.8. The Hall–Kier alpha value is -1.22. The molecule has 0 aliphatic rings. The lowest BCUT2D eigenvalue weighted by Crippen LogP contribution is -2.11. The highest BCUT2D eigenvalue weighted by Gasteiger charge is 2.07. The second-order valence-corrected chi connectivity index (χ2v) is 5.35. The van der Waals surface area contributed by atoms with Crippen molar-refractivity contribution in [2.75, 3.05) is 12.0 Å². The number of hydrogen-bond acceptors (Lipinski definition) is 8. The SMILES string of the molecule is CCOCc1nc(NN)cc(Sc2nccs2)n1. The van der Waals surface area contributed by atoms with E-state index < -0.39 is 0 Å². The summed E-state index contributed by atoms with van der Waals surface area (Å²) < 4.78 is 6.22. The molecule has 2 heterocycles. The highest BCUT2D eigenvalue weighted by Crippen LogP contribution is 2.28. The van der Waals surface area contributed by atoms with E-state index in [1.165, 1.54) is 11.8 Å². The first kappa shape index (κ1) is 13.2. The molecule has 0 bridgehead atoms. The van der Waals surface area contributed by atoms with E-state index in [1.54, 1.807) is 23.6 Å². The Balaban J connectivity index is 2.17. The van der Waals surface area contributed by atoms with E-state index in [2.05, 4.69) is 20.4 Å². The van der Waals surface area contributed by atoms with Gasteiger partial charge in [-0.3, -0.25) is 0 Å². The second kappa shape index (κ2) is 6.64. The van der Waals surface area contributed by atoms with Crippen LogP contribution in [0, 0.1) is 0 Å². The Morgan fingerprint density at radius 1 is 1.50 bits per heavy atom. The van der Waals surface area contributed by atoms with Crippen LogP contribution in [0.5, 0.6) is 0 Å². The molecule has 0 atom stereocenters. The maximum atomic E-state index is 5.39. The minimum Gasteiger partial charge on any atom is -0.374 e. The quantitative estimate of drug-likeness (QED) is 0.475. The Kier molecular flexibility index (Phi) is 4.88. The predicted octanol–water partition coefficient (Wildman–Crippen LogP) is 1.91. The molecule has 18 heavy (non-hydrogen) atoms. The minimum atomic E-state index is 0.372. The van der Waals surface area contributed by atoms with E-state index in [1.807, 2.05) is 12.3 Å². The van der Waals surface area contributed by atoms with Crippen molar-refractivity contribution in [1.29, 1.82) is 0 Å². The third-order valence-corrected chi connectivity index (χ3v) is 3.74. The smallest absolute Gasteiger partial charge is 0.157 e. The van der Waals surface area contributed by atoms with Gasteiger partial charge in [0.2, 0.25) is 0 Å². The van der Waals surface area contributed by atoms with Crippen LogP contribution in [0.25, 0.3) is 0 Å². The highest BCUT2D eigenvalue weighted by molar-refractivity contribution is 8.01. The monoisotopic (exact) mass is 283 g/mol. The van der Waals surface area contributed by atoms with Crippen LogP contribution >= 0.6 is 23.1 Å². The number of hydrogen-bond donors (Lipinski definition) is 2. The number of anilines is 1. The molecule has 3 N–H and O–H groups in total. The molecule has 2 rings (SSSR count). The fourth-order valence-electron chi connectivity index (χ4n) is 1.21. The summed E-state index contributed by atoms with van der Waals surface area (Å²) in [6.45, 7) is 2.92. The van der Waals surface area contributed by atoms with Crippen molar-refractivity contribution in [2.24, 2.45) is 5.84 Å². The topological polar surface area (TPSA) is 86.0 Å². The fraction of sp³-hybridized carbons (Fsp3) is 0.300. The van der Waals surface area contributed by atoms with Crippen LogP contribution in [-0.4, -0.2) is 21.6 Å². The van der Waals surface area contributed by atoms with E-state index in [4.69, 9.17) is 10.6 Å². The summed E-state index contributed by atoms with van der Waals surface area (Å²) in [5.41, 5.74) is 2.53. The van der Waals surface area contributed by atoms with Crippen molar-refractivity contribution in [3.05, 3.63) is 23.5 Å². The number of thiazole rings is 1. The lowest BCUT2D eigenvalue weighted by molar-refractivity contribution is 0.128. The number of aromatic nitrogens is 3. The molecule has 96 valence electrons. The van der Waals surface area contributed by atoms with Gasteiger partial charge >= 0.3 is 0 Å². The second-order valence-electron chi connectivity index (χ2n) is 3.19. The van der Waals surface area contributed by atoms with Crippen molar-refractivity contribution in [1.82, 2.24) is 15.0 Å². The van der Waals surface area contributed by atoms with Crippen LogP contribution in [0.1, 0.15) is 12.7 Å². The summed E-state index contributed by atoms with van der Waals surface area (Å²) in [5.74, 6) is 6.56. The first-order valence-corrected chi connectivity index (χ1v) is 7.01. The summed E-state index contributed by atoms with van der Waals surface area (Å²) in [6.07, 6.45) is 1.76. The Bertz CT molecular complexity index is 491. The van der Waals surface area contributed by atoms with Crippen LogP contribution in [0.4, 0.5) is 5.82 Å². The van der Waals surface area contributed by atoms with E-state index in [0.29, 0.717) is 24.9 Å². The van der Waals surface area contributed by atoms with Gasteiger partial charge in [0.05, 0.1) is 0 Å². The molecular formula is C10H13N5OS2. The van der Waals surface area contributed by atoms with Crippen LogP contribution in [-0.2, 0) is 11.3 Å². The number of nitrogens with one attached hydrogen (secondary N) is 1. The van der Waals surface area contributed by atoms with Crippen molar-refractivity contribution in [3.8, 4) is 0 Å². The molecule has 2 aromatic rings. The Morgan fingerprint density at radius 3 is 3.06 bits per heavy atom. The van der Waals surface area contributed by atoms with E-state index in [-0.39, 0.29) is 0 Å². The molecule has 0 amide bonds. The molecular weight excluding hydrogens is 270 g/mol. The van der Waals surface area contributed by atoms with Crippen LogP contribution < -0.4 is 11.3 Å². The van der Waals surface area contributed by atoms with Gasteiger partial charge in [0, 0.05) is 24.3 Å². The molecule has 6 nitrogen and oxygen atoms in total. The summed E-state index contributed by atoms with van der Waals surface area (Å²) in [5, 5.41) is 2.72. The largest absolute Gasteiger partial charge is 0.374 e. The molecule has 2 aromatic heterocycles. The predicted molar refractivity (Wildman–Crippen MR) is 71.4 cm³/mol. The molecule has 0 fully saturated rings. The van der Waals surface area contributed by atoms with E-state index >= 15 is 0 Å². The molecule has 0 saturated carbocycles. The van der Waals surface area contributed by atoms with Crippen molar-refractivity contribution in [2.45, 2.75) is 22.9 Å². The lowest BCUT2D eigenvalue weighted by atomic mass is 10.5. The minimum absolute atomic E-state index is 0.372. The van der Waals surface area contributed by atoms with Gasteiger partial charge in [0.15, 0.2) is 10.2 Å². The molecule has 0 aliphatic heterocycles. The average Bonchev–Trinajstić information content (AvgIpc) is 2.89. The number of rotatable bonds is 6. The van der Waals surface area contributed by atoms with Gasteiger partial charge < -0.3 is 10.2 Å². The van der Waals surface area contributed by atoms with Gasteiger partial charge in [0.25, 0.3) is 0 Å². The molecule has 0 aromatic carbocycles. The summed E-state index contributed by atoms with van der Waals surface area (Å²) >= 11 is 3.04. The van der Waals surface area contributed by atoms with Gasteiger partial charge in [-0.1, -0.05) is 0 Å². The molecule has 0 saturated heterocycles. The third kappa shape index (κ3) is 3.64. The van der Waals surface area contributed by atoms with Gasteiger partial charge in [0.1, 0.15) is 17.5 Å². The number of hydrazine groups is 1. The summed E-state index contributed by atoms with van der Waals surface area (Å²) in [6, 6.07) is 1.78. The molecule has 0 aliphatic carbocycles. The van der Waals surface area contributed by atoms with Crippen LogP contribution in [0.15, 0.2) is 27.0 Å². The average molecular weight is 283 g/mol. The van der Waals surface area contributed by atoms with Gasteiger partial charge in [-0.25, -0.2) is 20.8 Å².